The van der Waals surface area contributed by atoms with E-state index in [-0.39, 0.29) is 5.41 Å². The van der Waals surface area contributed by atoms with Gasteiger partial charge in [-0.2, -0.15) is 0 Å². The van der Waals surface area contributed by atoms with Crippen molar-refractivity contribution in [2.24, 2.45) is 0 Å². The standard InChI is InChI=1S/C57H46N2/c1-57(2)51-20-8-7-19-45(51)46-28-25-42(34-52(46)57)56-48-30-27-43(58-31-11-17-38-14-5-9-21-53(38)58)35-49(48)55(41-24-23-37-13-3-4-16-40(37)33-41)47-29-26-44(36-50(47)56)59-32-12-18-39-15-6-10-22-54(39)59/h3-10,13-16,19-30,33-36H,11-12,17-18,31-32H2,1-2H3. The average Bonchev–Trinajstić information content (AvgIpc) is 3.52. The topological polar surface area (TPSA) is 6.48 Å². The van der Waals surface area contributed by atoms with Gasteiger partial charge in [0, 0.05) is 41.3 Å². The minimum absolute atomic E-state index is 0.101. The Morgan fingerprint density at radius 3 is 1.59 bits per heavy atom. The molecule has 0 spiro atoms. The Kier molecular flexibility index (Phi) is 7.69. The summed E-state index contributed by atoms with van der Waals surface area (Å²) in [5, 5.41) is 7.70. The molecule has 0 radical (unpaired) electrons. The molecule has 284 valence electrons. The van der Waals surface area contributed by atoms with Crippen LogP contribution in [0, 0.1) is 0 Å². The van der Waals surface area contributed by atoms with Gasteiger partial charge in [0.25, 0.3) is 0 Å². The second-order valence-corrected chi connectivity index (χ2v) is 17.5. The van der Waals surface area contributed by atoms with E-state index in [0.29, 0.717) is 0 Å². The summed E-state index contributed by atoms with van der Waals surface area (Å²) in [4.78, 5) is 5.11. The maximum atomic E-state index is 2.56. The third kappa shape index (κ3) is 5.32. The Morgan fingerprint density at radius 1 is 0.407 bits per heavy atom. The lowest BCUT2D eigenvalue weighted by atomic mass is 9.80. The van der Waals surface area contributed by atoms with Gasteiger partial charge < -0.3 is 9.80 Å². The summed E-state index contributed by atoms with van der Waals surface area (Å²) in [7, 11) is 0. The van der Waals surface area contributed by atoms with E-state index >= 15 is 0 Å². The quantitative estimate of drug-likeness (QED) is 0.165. The van der Waals surface area contributed by atoms with Crippen LogP contribution in [0.5, 0.6) is 0 Å². The van der Waals surface area contributed by atoms with E-state index < -0.39 is 0 Å². The highest BCUT2D eigenvalue weighted by Crippen LogP contribution is 2.52. The number of rotatable bonds is 4. The lowest BCUT2D eigenvalue weighted by Gasteiger charge is -2.32. The molecule has 2 aliphatic heterocycles. The Hall–Kier alpha value is -6.64. The lowest BCUT2D eigenvalue weighted by Crippen LogP contribution is -2.24. The Labute approximate surface area is 347 Å². The molecule has 3 aliphatic rings. The zero-order valence-corrected chi connectivity index (χ0v) is 33.8. The molecule has 59 heavy (non-hydrogen) atoms. The van der Waals surface area contributed by atoms with Gasteiger partial charge >= 0.3 is 0 Å². The lowest BCUT2D eigenvalue weighted by molar-refractivity contribution is 0.660. The minimum atomic E-state index is -0.101. The van der Waals surface area contributed by atoms with Crippen molar-refractivity contribution in [3.8, 4) is 33.4 Å². The van der Waals surface area contributed by atoms with Crippen molar-refractivity contribution in [2.75, 3.05) is 22.9 Å². The number of fused-ring (bicyclic) bond motifs is 8. The van der Waals surface area contributed by atoms with Gasteiger partial charge in [-0.3, -0.25) is 0 Å². The van der Waals surface area contributed by atoms with Crippen molar-refractivity contribution in [3.63, 3.8) is 0 Å². The largest absolute Gasteiger partial charge is 0.341 e. The minimum Gasteiger partial charge on any atom is -0.341 e. The molecule has 12 rings (SSSR count). The van der Waals surface area contributed by atoms with Crippen LogP contribution in [-0.4, -0.2) is 13.1 Å². The Morgan fingerprint density at radius 2 is 0.932 bits per heavy atom. The van der Waals surface area contributed by atoms with Crippen molar-refractivity contribution in [1.82, 2.24) is 0 Å². The smallest absolute Gasteiger partial charge is 0.0443 e. The molecular weight excluding hydrogens is 713 g/mol. The van der Waals surface area contributed by atoms with E-state index in [2.05, 4.69) is 194 Å². The molecule has 0 amide bonds. The van der Waals surface area contributed by atoms with Gasteiger partial charge in [-0.1, -0.05) is 135 Å². The highest BCUT2D eigenvalue weighted by Gasteiger charge is 2.35. The van der Waals surface area contributed by atoms with E-state index in [0.717, 1.165) is 38.8 Å². The molecule has 0 fully saturated rings. The van der Waals surface area contributed by atoms with Gasteiger partial charge in [-0.25, -0.2) is 0 Å². The van der Waals surface area contributed by atoms with E-state index in [4.69, 9.17) is 0 Å². The summed E-state index contributed by atoms with van der Waals surface area (Å²) >= 11 is 0. The average molecular weight is 759 g/mol. The predicted octanol–water partition coefficient (Wildman–Crippen LogP) is 15.0. The third-order valence-electron chi connectivity index (χ3n) is 13.8. The zero-order chi connectivity index (χ0) is 39.2. The summed E-state index contributed by atoms with van der Waals surface area (Å²) in [6.07, 6.45) is 4.54. The van der Waals surface area contributed by atoms with Crippen LogP contribution >= 0.6 is 0 Å². The number of benzene rings is 9. The molecule has 9 aromatic carbocycles. The van der Waals surface area contributed by atoms with Crippen molar-refractivity contribution >= 4 is 55.1 Å². The molecule has 2 heteroatoms. The van der Waals surface area contributed by atoms with Crippen molar-refractivity contribution in [3.05, 3.63) is 192 Å². The fraction of sp³-hybridized carbons (Fsp3) is 0.158. The van der Waals surface area contributed by atoms with Crippen LogP contribution in [0.25, 0.3) is 65.7 Å². The van der Waals surface area contributed by atoms with Gasteiger partial charge in [-0.15, -0.1) is 0 Å². The van der Waals surface area contributed by atoms with Crippen LogP contribution < -0.4 is 9.80 Å². The van der Waals surface area contributed by atoms with Crippen LogP contribution in [0.4, 0.5) is 22.7 Å². The molecule has 0 bridgehead atoms. The fourth-order valence-electron chi connectivity index (χ4n) is 11.0. The molecule has 2 nitrogen and oxygen atoms in total. The van der Waals surface area contributed by atoms with Gasteiger partial charge in [0.1, 0.15) is 0 Å². The van der Waals surface area contributed by atoms with Gasteiger partial charge in [-0.05, 0) is 162 Å². The van der Waals surface area contributed by atoms with Crippen molar-refractivity contribution in [2.45, 2.75) is 44.9 Å². The molecule has 0 N–H and O–H groups in total. The highest BCUT2D eigenvalue weighted by molar-refractivity contribution is 6.23. The first-order valence-electron chi connectivity index (χ1n) is 21.5. The van der Waals surface area contributed by atoms with E-state index in [1.807, 2.05) is 0 Å². The van der Waals surface area contributed by atoms with Crippen LogP contribution in [0.3, 0.4) is 0 Å². The number of para-hydroxylation sites is 2. The van der Waals surface area contributed by atoms with E-state index in [1.54, 1.807) is 0 Å². The molecular formula is C57H46N2. The normalized spacial score (nSPS) is 15.3. The molecule has 0 saturated heterocycles. The van der Waals surface area contributed by atoms with Gasteiger partial charge in [0.2, 0.25) is 0 Å². The summed E-state index contributed by atoms with van der Waals surface area (Å²) in [6, 6.07) is 64.8. The number of aryl methyl sites for hydroxylation is 2. The fourth-order valence-corrected chi connectivity index (χ4v) is 11.0. The van der Waals surface area contributed by atoms with Crippen LogP contribution in [-0.2, 0) is 18.3 Å². The summed E-state index contributed by atoms with van der Waals surface area (Å²) in [5.41, 5.74) is 18.6. The number of hydrogen-bond donors (Lipinski definition) is 0. The summed E-state index contributed by atoms with van der Waals surface area (Å²) < 4.78 is 0. The number of hydrogen-bond acceptors (Lipinski definition) is 2. The maximum Gasteiger partial charge on any atom is 0.0443 e. The second kappa shape index (κ2) is 13.2. The van der Waals surface area contributed by atoms with E-state index in [1.165, 1.54) is 111 Å². The SMILES string of the molecule is CC1(C)c2ccccc2-c2ccc(-c3c4ccc(N5CCCc6ccccc65)cc4c(-c4ccc5ccccc5c4)c4ccc(N5CCCc6ccccc65)cc34)cc21. The van der Waals surface area contributed by atoms with Gasteiger partial charge in [0.15, 0.2) is 0 Å². The van der Waals surface area contributed by atoms with Crippen molar-refractivity contribution in [1.29, 1.82) is 0 Å². The first-order valence-corrected chi connectivity index (χ1v) is 21.5. The molecule has 0 unspecified atom stereocenters. The van der Waals surface area contributed by atoms with Crippen LogP contribution in [0.15, 0.2) is 170 Å². The first-order chi connectivity index (χ1) is 29.0. The maximum absolute atomic E-state index is 2.56. The molecule has 1 aliphatic carbocycles. The third-order valence-corrected chi connectivity index (χ3v) is 13.8. The Balaban J connectivity index is 1.17. The van der Waals surface area contributed by atoms with Crippen LogP contribution in [0.1, 0.15) is 48.9 Å². The second-order valence-electron chi connectivity index (χ2n) is 17.5. The summed E-state index contributed by atoms with van der Waals surface area (Å²) in [5.74, 6) is 0. The number of anilines is 4. The molecule has 0 atom stereocenters. The summed E-state index contributed by atoms with van der Waals surface area (Å²) in [6.45, 7) is 6.81. The highest BCUT2D eigenvalue weighted by atomic mass is 15.1. The molecule has 0 saturated carbocycles. The predicted molar refractivity (Wildman–Crippen MR) is 251 cm³/mol. The molecule has 2 heterocycles. The monoisotopic (exact) mass is 758 g/mol. The van der Waals surface area contributed by atoms with E-state index in [9.17, 15) is 0 Å². The zero-order valence-electron chi connectivity index (χ0n) is 33.8. The Bertz CT molecular complexity index is 3170. The van der Waals surface area contributed by atoms with Crippen molar-refractivity contribution < 1.29 is 0 Å². The number of nitrogens with zero attached hydrogens (tertiary/aromatic N) is 2. The van der Waals surface area contributed by atoms with Gasteiger partial charge in [0.05, 0.1) is 0 Å². The molecule has 0 aromatic heterocycles. The first kappa shape index (κ1) is 34.4. The molecule has 9 aromatic rings. The van der Waals surface area contributed by atoms with Crippen LogP contribution in [0.2, 0.25) is 0 Å².